The molecule has 1 aliphatic rings. The van der Waals surface area contributed by atoms with Gasteiger partial charge in [-0.15, -0.1) is 5.10 Å². The summed E-state index contributed by atoms with van der Waals surface area (Å²) >= 11 is 1.52. The fourth-order valence-corrected chi connectivity index (χ4v) is 3.45. The van der Waals surface area contributed by atoms with Gasteiger partial charge in [0.25, 0.3) is 5.69 Å². The summed E-state index contributed by atoms with van der Waals surface area (Å²) in [5, 5.41) is 23.5. The van der Waals surface area contributed by atoms with Crippen LogP contribution in [0.15, 0.2) is 29.4 Å². The number of nitrogens with zero attached hydrogens (tertiary/aromatic N) is 5. The third-order valence-electron chi connectivity index (χ3n) is 3.62. The molecular formula is C13H15N5O2S. The van der Waals surface area contributed by atoms with Crippen molar-refractivity contribution in [3.8, 4) is 0 Å². The summed E-state index contributed by atoms with van der Waals surface area (Å²) in [6.45, 7) is 0. The van der Waals surface area contributed by atoms with Gasteiger partial charge in [0, 0.05) is 17.9 Å². The topological polar surface area (TPSA) is 86.7 Å². The van der Waals surface area contributed by atoms with Crippen molar-refractivity contribution in [1.82, 2.24) is 20.2 Å². The number of tetrazole rings is 1. The predicted octanol–water partition coefficient (Wildman–Crippen LogP) is 2.99. The zero-order valence-corrected chi connectivity index (χ0v) is 12.2. The molecule has 0 N–H and O–H groups in total. The van der Waals surface area contributed by atoms with Gasteiger partial charge in [0.05, 0.1) is 11.0 Å². The Balaban J connectivity index is 1.69. The predicted molar refractivity (Wildman–Crippen MR) is 78.0 cm³/mol. The van der Waals surface area contributed by atoms with Gasteiger partial charge in [0.15, 0.2) is 0 Å². The maximum absolute atomic E-state index is 10.8. The maximum Gasteiger partial charge on any atom is 0.269 e. The van der Waals surface area contributed by atoms with Crippen LogP contribution in [0, 0.1) is 10.1 Å². The molecule has 1 aliphatic carbocycles. The second kappa shape index (κ2) is 6.21. The van der Waals surface area contributed by atoms with Crippen LogP contribution < -0.4 is 0 Å². The lowest BCUT2D eigenvalue weighted by molar-refractivity contribution is -0.384. The van der Waals surface area contributed by atoms with Crippen molar-refractivity contribution in [3.63, 3.8) is 0 Å². The van der Waals surface area contributed by atoms with Crippen molar-refractivity contribution in [1.29, 1.82) is 0 Å². The van der Waals surface area contributed by atoms with Gasteiger partial charge in [-0.1, -0.05) is 36.7 Å². The number of thioether (sulfide) groups is 1. The number of nitro groups is 1. The molecule has 3 rings (SSSR count). The highest BCUT2D eigenvalue weighted by Crippen LogP contribution is 2.32. The Morgan fingerprint density at radius 2 is 2.19 bits per heavy atom. The molecule has 0 bridgehead atoms. The van der Waals surface area contributed by atoms with E-state index in [1.807, 2.05) is 10.7 Å². The van der Waals surface area contributed by atoms with E-state index in [1.54, 1.807) is 12.1 Å². The molecule has 21 heavy (non-hydrogen) atoms. The van der Waals surface area contributed by atoms with E-state index in [0.29, 0.717) is 11.8 Å². The molecule has 0 unspecified atom stereocenters. The van der Waals surface area contributed by atoms with Crippen LogP contribution in [-0.2, 0) is 5.75 Å². The van der Waals surface area contributed by atoms with Crippen LogP contribution >= 0.6 is 11.8 Å². The molecule has 0 amide bonds. The molecule has 1 aromatic carbocycles. The summed E-state index contributed by atoms with van der Waals surface area (Å²) in [6.07, 6.45) is 4.68. The Morgan fingerprint density at radius 1 is 1.38 bits per heavy atom. The van der Waals surface area contributed by atoms with Crippen LogP contribution in [0.1, 0.15) is 37.3 Å². The van der Waals surface area contributed by atoms with Crippen LogP contribution in [-0.4, -0.2) is 25.1 Å². The largest absolute Gasteiger partial charge is 0.269 e. The molecule has 8 heteroatoms. The van der Waals surface area contributed by atoms with Crippen molar-refractivity contribution in [2.45, 2.75) is 42.6 Å². The molecule has 0 radical (unpaired) electrons. The normalized spacial score (nSPS) is 15.4. The SMILES string of the molecule is O=[N+]([O-])c1cccc(CSc2nnnn2C2CCCC2)c1. The second-order valence-corrected chi connectivity index (χ2v) is 6.00. The van der Waals surface area contributed by atoms with E-state index in [2.05, 4.69) is 15.5 Å². The quantitative estimate of drug-likeness (QED) is 0.479. The number of aromatic nitrogens is 4. The van der Waals surface area contributed by atoms with Crippen LogP contribution in [0.3, 0.4) is 0 Å². The first-order chi connectivity index (χ1) is 10.2. The lowest BCUT2D eigenvalue weighted by Crippen LogP contribution is -2.08. The average molecular weight is 305 g/mol. The molecule has 1 saturated carbocycles. The number of hydrogen-bond acceptors (Lipinski definition) is 6. The number of benzene rings is 1. The van der Waals surface area contributed by atoms with Gasteiger partial charge >= 0.3 is 0 Å². The summed E-state index contributed by atoms with van der Waals surface area (Å²) in [7, 11) is 0. The van der Waals surface area contributed by atoms with Crippen LogP contribution in [0.25, 0.3) is 0 Å². The summed E-state index contributed by atoms with van der Waals surface area (Å²) in [4.78, 5) is 10.4. The van der Waals surface area contributed by atoms with E-state index in [-0.39, 0.29) is 10.6 Å². The molecule has 1 aromatic heterocycles. The van der Waals surface area contributed by atoms with Crippen molar-refractivity contribution in [2.24, 2.45) is 0 Å². The molecule has 0 spiro atoms. The van der Waals surface area contributed by atoms with Crippen molar-refractivity contribution in [3.05, 3.63) is 39.9 Å². The molecule has 110 valence electrons. The molecule has 2 aromatic rings. The summed E-state index contributed by atoms with van der Waals surface area (Å²) in [5.74, 6) is 0.620. The monoisotopic (exact) mass is 305 g/mol. The maximum atomic E-state index is 10.8. The molecule has 0 aliphatic heterocycles. The summed E-state index contributed by atoms with van der Waals surface area (Å²) in [6, 6.07) is 7.07. The molecule has 1 heterocycles. The first-order valence-electron chi connectivity index (χ1n) is 6.88. The Bertz CT molecular complexity index is 639. The van der Waals surface area contributed by atoms with Gasteiger partial charge in [-0.05, 0) is 28.8 Å². The third kappa shape index (κ3) is 3.21. The van der Waals surface area contributed by atoms with E-state index >= 15 is 0 Å². The molecule has 1 fully saturated rings. The van der Waals surface area contributed by atoms with Gasteiger partial charge in [-0.3, -0.25) is 10.1 Å². The zero-order chi connectivity index (χ0) is 14.7. The van der Waals surface area contributed by atoms with E-state index in [9.17, 15) is 10.1 Å². The highest BCUT2D eigenvalue weighted by Gasteiger charge is 2.21. The first kappa shape index (κ1) is 14.0. The first-order valence-corrected chi connectivity index (χ1v) is 7.86. The minimum atomic E-state index is -0.378. The van der Waals surface area contributed by atoms with Gasteiger partial charge in [0.2, 0.25) is 5.16 Å². The fraction of sp³-hybridized carbons (Fsp3) is 0.462. The number of non-ortho nitro benzene ring substituents is 1. The highest BCUT2D eigenvalue weighted by atomic mass is 32.2. The fourth-order valence-electron chi connectivity index (χ4n) is 2.57. The van der Waals surface area contributed by atoms with Crippen LogP contribution in [0.2, 0.25) is 0 Å². The molecule has 0 atom stereocenters. The average Bonchev–Trinajstić information content (AvgIpc) is 3.16. The molecular weight excluding hydrogens is 290 g/mol. The van der Waals surface area contributed by atoms with E-state index in [1.165, 1.54) is 30.7 Å². The van der Waals surface area contributed by atoms with Gasteiger partial charge < -0.3 is 0 Å². The Hall–Kier alpha value is -1.96. The zero-order valence-electron chi connectivity index (χ0n) is 11.4. The lowest BCUT2D eigenvalue weighted by atomic mass is 10.2. The second-order valence-electron chi connectivity index (χ2n) is 5.06. The number of nitro benzene ring substituents is 1. The van der Waals surface area contributed by atoms with Crippen LogP contribution in [0.4, 0.5) is 5.69 Å². The number of rotatable bonds is 5. The Morgan fingerprint density at radius 3 is 2.95 bits per heavy atom. The molecule has 0 saturated heterocycles. The van der Waals surface area contributed by atoms with Crippen molar-refractivity contribution >= 4 is 17.4 Å². The summed E-state index contributed by atoms with van der Waals surface area (Å²) < 4.78 is 1.90. The van der Waals surface area contributed by atoms with Crippen molar-refractivity contribution < 1.29 is 4.92 Å². The Labute approximate surface area is 125 Å². The van der Waals surface area contributed by atoms with E-state index in [0.717, 1.165) is 23.6 Å². The summed E-state index contributed by atoms with van der Waals surface area (Å²) in [5.41, 5.74) is 1.01. The van der Waals surface area contributed by atoms with E-state index < -0.39 is 0 Å². The minimum absolute atomic E-state index is 0.114. The van der Waals surface area contributed by atoms with Gasteiger partial charge in [-0.25, -0.2) is 4.68 Å². The Kier molecular flexibility index (Phi) is 4.14. The smallest absolute Gasteiger partial charge is 0.258 e. The van der Waals surface area contributed by atoms with Crippen LogP contribution in [0.5, 0.6) is 0 Å². The molecule has 7 nitrogen and oxygen atoms in total. The minimum Gasteiger partial charge on any atom is -0.258 e. The van der Waals surface area contributed by atoms with Crippen molar-refractivity contribution in [2.75, 3.05) is 0 Å². The van der Waals surface area contributed by atoms with E-state index in [4.69, 9.17) is 0 Å². The van der Waals surface area contributed by atoms with Gasteiger partial charge in [0.1, 0.15) is 0 Å². The lowest BCUT2D eigenvalue weighted by Gasteiger charge is -2.10. The third-order valence-corrected chi connectivity index (χ3v) is 4.63. The highest BCUT2D eigenvalue weighted by molar-refractivity contribution is 7.98. The number of hydrogen-bond donors (Lipinski definition) is 0. The standard InChI is InChI=1S/C13H15N5O2S/c19-18(20)12-7-3-4-10(8-12)9-21-13-14-15-16-17(13)11-5-1-2-6-11/h3-4,7-8,11H,1-2,5-6,9H2. The van der Waals surface area contributed by atoms with Gasteiger partial charge in [-0.2, -0.15) is 0 Å².